The molecule has 134 valence electrons. The Kier molecular flexibility index (Phi) is 15.0. The third-order valence-corrected chi connectivity index (χ3v) is 3.21. The van der Waals surface area contributed by atoms with Crippen molar-refractivity contribution in [2.75, 3.05) is 0 Å². The standard InChI is InChI=1S/C15H12.C3H8.3C2H6/c1-3-12-10(2)13-8-4-6-11-7-5-9-14(12)15(11)13;1-3-2;3*1-2/h3-9H,1H2,2H3;3H2,1-2H3;3*1-2H3. The van der Waals surface area contributed by atoms with Gasteiger partial charge in [-0.05, 0) is 40.0 Å². The second-order valence-corrected chi connectivity index (χ2v) is 4.66. The summed E-state index contributed by atoms with van der Waals surface area (Å²) in [5.41, 5.74) is 5.31. The maximum atomic E-state index is 3.91. The fraction of sp³-hybridized carbons (Fsp3) is 0.417. The number of benzene rings is 2. The Balaban J connectivity index is 0. The van der Waals surface area contributed by atoms with Crippen molar-refractivity contribution in [1.29, 1.82) is 0 Å². The lowest BCUT2D eigenvalue weighted by Crippen LogP contribution is -1.78. The average molecular weight is 327 g/mol. The van der Waals surface area contributed by atoms with Crippen LogP contribution in [-0.4, -0.2) is 0 Å². The van der Waals surface area contributed by atoms with Crippen molar-refractivity contribution < 1.29 is 0 Å². The second kappa shape index (κ2) is 14.8. The van der Waals surface area contributed by atoms with E-state index >= 15 is 0 Å². The number of hydrogen-bond acceptors (Lipinski definition) is 0. The Hall–Kier alpha value is -1.82. The Morgan fingerprint density at radius 1 is 0.792 bits per heavy atom. The van der Waals surface area contributed by atoms with Gasteiger partial charge in [0, 0.05) is 0 Å². The molecule has 0 radical (unpaired) electrons. The zero-order valence-corrected chi connectivity index (χ0v) is 17.5. The summed E-state index contributed by atoms with van der Waals surface area (Å²) in [7, 11) is 0. The highest BCUT2D eigenvalue weighted by atomic mass is 14.2. The first kappa shape index (κ1) is 24.4. The van der Waals surface area contributed by atoms with E-state index in [1.165, 1.54) is 39.5 Å². The molecular formula is C24H38. The van der Waals surface area contributed by atoms with Crippen LogP contribution in [0.4, 0.5) is 0 Å². The summed E-state index contributed by atoms with van der Waals surface area (Å²) in [6, 6.07) is 12.9. The van der Waals surface area contributed by atoms with Crippen LogP contribution in [0, 0.1) is 0 Å². The summed E-state index contributed by atoms with van der Waals surface area (Å²) < 4.78 is 0. The fourth-order valence-corrected chi connectivity index (χ4v) is 2.49. The van der Waals surface area contributed by atoms with Gasteiger partial charge in [-0.2, -0.15) is 0 Å². The molecule has 0 aliphatic heterocycles. The van der Waals surface area contributed by atoms with Gasteiger partial charge in [-0.25, -0.2) is 0 Å². The molecule has 2 aromatic rings. The SMILES string of the molecule is C=CC1=C(C)c2cccc3cccc1c23.CC.CC.CC.CCC. The van der Waals surface area contributed by atoms with Gasteiger partial charge in [0.2, 0.25) is 0 Å². The number of rotatable bonds is 1. The molecule has 0 unspecified atom stereocenters. The van der Waals surface area contributed by atoms with Gasteiger partial charge in [0.15, 0.2) is 0 Å². The minimum absolute atomic E-state index is 1.25. The third kappa shape index (κ3) is 5.67. The Bertz CT molecular complexity index is 610. The van der Waals surface area contributed by atoms with Crippen LogP contribution in [-0.2, 0) is 0 Å². The van der Waals surface area contributed by atoms with Gasteiger partial charge in [0.25, 0.3) is 0 Å². The first-order chi connectivity index (χ1) is 11.7. The van der Waals surface area contributed by atoms with Gasteiger partial charge >= 0.3 is 0 Å². The van der Waals surface area contributed by atoms with Crippen molar-refractivity contribution >= 4 is 21.9 Å². The molecule has 0 atom stereocenters. The molecule has 0 heteroatoms. The summed E-state index contributed by atoms with van der Waals surface area (Å²) in [6.45, 7) is 22.3. The molecule has 1 aliphatic carbocycles. The summed E-state index contributed by atoms with van der Waals surface area (Å²) in [6.07, 6.45) is 3.21. The zero-order valence-electron chi connectivity index (χ0n) is 17.5. The van der Waals surface area contributed by atoms with Gasteiger partial charge in [-0.1, -0.05) is 111 Å². The summed E-state index contributed by atoms with van der Waals surface area (Å²) in [5.74, 6) is 0. The van der Waals surface area contributed by atoms with E-state index in [1.807, 2.05) is 47.6 Å². The number of hydrogen-bond donors (Lipinski definition) is 0. The van der Waals surface area contributed by atoms with E-state index in [9.17, 15) is 0 Å². The van der Waals surface area contributed by atoms with Crippen LogP contribution in [0.3, 0.4) is 0 Å². The monoisotopic (exact) mass is 326 g/mol. The molecule has 2 aromatic carbocycles. The summed E-state index contributed by atoms with van der Waals surface area (Å²) in [5, 5.41) is 2.70. The summed E-state index contributed by atoms with van der Waals surface area (Å²) in [4.78, 5) is 0. The normalized spacial score (nSPS) is 10.0. The molecule has 0 saturated heterocycles. The number of allylic oxidation sites excluding steroid dienone is 3. The van der Waals surface area contributed by atoms with Gasteiger partial charge in [-0.3, -0.25) is 0 Å². The predicted octanol–water partition coefficient (Wildman–Crippen LogP) is 8.76. The highest BCUT2D eigenvalue weighted by Gasteiger charge is 2.18. The lowest BCUT2D eigenvalue weighted by atomic mass is 10.0. The van der Waals surface area contributed by atoms with Crippen LogP contribution in [0.25, 0.3) is 21.9 Å². The smallest absolute Gasteiger partial charge is 0.00299 e. The lowest BCUT2D eigenvalue weighted by molar-refractivity contribution is 1.09. The minimum Gasteiger partial charge on any atom is -0.0984 e. The maximum absolute atomic E-state index is 3.91. The van der Waals surface area contributed by atoms with Gasteiger partial charge < -0.3 is 0 Å². The molecule has 0 heterocycles. The van der Waals surface area contributed by atoms with Crippen LogP contribution in [0.1, 0.15) is 79.9 Å². The van der Waals surface area contributed by atoms with E-state index in [4.69, 9.17) is 0 Å². The Morgan fingerprint density at radius 3 is 1.62 bits per heavy atom. The van der Waals surface area contributed by atoms with Crippen molar-refractivity contribution in [2.45, 2.75) is 68.7 Å². The largest absolute Gasteiger partial charge is 0.0984 e. The molecule has 0 aromatic heterocycles. The van der Waals surface area contributed by atoms with E-state index in [-0.39, 0.29) is 0 Å². The predicted molar refractivity (Wildman–Crippen MR) is 117 cm³/mol. The maximum Gasteiger partial charge on any atom is -0.00299 e. The molecule has 0 fully saturated rings. The van der Waals surface area contributed by atoms with Crippen molar-refractivity contribution in [3.8, 4) is 0 Å². The molecule has 0 bridgehead atoms. The van der Waals surface area contributed by atoms with Crippen LogP contribution >= 0.6 is 0 Å². The molecular weight excluding hydrogens is 288 g/mol. The fourth-order valence-electron chi connectivity index (χ4n) is 2.49. The molecule has 3 rings (SSSR count). The minimum atomic E-state index is 1.25. The van der Waals surface area contributed by atoms with Crippen molar-refractivity contribution in [1.82, 2.24) is 0 Å². The van der Waals surface area contributed by atoms with Gasteiger partial charge in [0.05, 0.1) is 0 Å². The summed E-state index contributed by atoms with van der Waals surface area (Å²) >= 11 is 0. The average Bonchev–Trinajstić information content (AvgIpc) is 2.95. The highest BCUT2D eigenvalue weighted by molar-refractivity contribution is 6.15. The van der Waals surface area contributed by atoms with Crippen molar-refractivity contribution in [3.05, 3.63) is 60.2 Å². The molecule has 24 heavy (non-hydrogen) atoms. The molecule has 0 nitrogen and oxygen atoms in total. The quantitative estimate of drug-likeness (QED) is 0.491. The van der Waals surface area contributed by atoms with E-state index < -0.39 is 0 Å². The third-order valence-electron chi connectivity index (χ3n) is 3.21. The van der Waals surface area contributed by atoms with Crippen LogP contribution in [0.5, 0.6) is 0 Å². The van der Waals surface area contributed by atoms with Crippen LogP contribution < -0.4 is 0 Å². The van der Waals surface area contributed by atoms with E-state index in [2.05, 4.69) is 63.7 Å². The second-order valence-electron chi connectivity index (χ2n) is 4.66. The lowest BCUT2D eigenvalue weighted by Gasteiger charge is -2.01. The Morgan fingerprint density at radius 2 is 1.21 bits per heavy atom. The van der Waals surface area contributed by atoms with Gasteiger partial charge in [0.1, 0.15) is 0 Å². The highest BCUT2D eigenvalue weighted by Crippen LogP contribution is 2.41. The van der Waals surface area contributed by atoms with Crippen molar-refractivity contribution in [2.24, 2.45) is 0 Å². The molecule has 0 amide bonds. The first-order valence-corrected chi connectivity index (χ1v) is 9.60. The molecule has 0 spiro atoms. The molecule has 1 aliphatic rings. The van der Waals surface area contributed by atoms with Gasteiger partial charge in [-0.15, -0.1) is 0 Å². The molecule has 0 N–H and O–H groups in total. The Labute approximate surface area is 151 Å². The van der Waals surface area contributed by atoms with E-state index in [1.54, 1.807) is 0 Å². The molecule has 0 saturated carbocycles. The van der Waals surface area contributed by atoms with E-state index in [0.717, 1.165) is 0 Å². The first-order valence-electron chi connectivity index (χ1n) is 9.60. The van der Waals surface area contributed by atoms with Crippen molar-refractivity contribution in [3.63, 3.8) is 0 Å². The zero-order chi connectivity index (χ0) is 19.1. The van der Waals surface area contributed by atoms with Crippen LogP contribution in [0.2, 0.25) is 0 Å². The van der Waals surface area contributed by atoms with Crippen LogP contribution in [0.15, 0.2) is 49.1 Å². The van der Waals surface area contributed by atoms with E-state index in [0.29, 0.717) is 0 Å². The topological polar surface area (TPSA) is 0 Å².